The molecule has 0 radical (unpaired) electrons. The first kappa shape index (κ1) is 9.57. The van der Waals surface area contributed by atoms with Gasteiger partial charge in [-0.15, -0.1) is 0 Å². The van der Waals surface area contributed by atoms with Gasteiger partial charge in [-0.3, -0.25) is 0 Å². The van der Waals surface area contributed by atoms with E-state index in [-0.39, 0.29) is 0 Å². The van der Waals surface area contributed by atoms with Crippen LogP contribution in [0.3, 0.4) is 0 Å². The van der Waals surface area contributed by atoms with Gasteiger partial charge in [-0.05, 0) is 11.8 Å². The molecule has 0 N–H and O–H groups in total. The third-order valence-corrected chi connectivity index (χ3v) is 3.87. The van der Waals surface area contributed by atoms with Crippen molar-refractivity contribution in [3.8, 4) is 0 Å². The van der Waals surface area contributed by atoms with E-state index in [9.17, 15) is 0 Å². The Hall–Kier alpha value is 0.480. The molecule has 0 nitrogen and oxygen atoms in total. The Balaban J connectivity index is 2.30. The lowest BCUT2D eigenvalue weighted by Gasteiger charge is -2.28. The Morgan fingerprint density at radius 3 is 2.36 bits per heavy atom. The molecular weight excluding hydrogens is 200 g/mol. The van der Waals surface area contributed by atoms with Crippen LogP contribution in [0.1, 0.15) is 45.4 Å². The molecule has 0 amide bonds. The Kier molecular flexibility index (Phi) is 4.51. The van der Waals surface area contributed by atoms with Gasteiger partial charge in [-0.2, -0.15) is 0 Å². The van der Waals surface area contributed by atoms with Gasteiger partial charge in [0.1, 0.15) is 0 Å². The maximum Gasteiger partial charge on any atom is 0.00622 e. The topological polar surface area (TPSA) is 0 Å². The molecule has 0 aliphatic heterocycles. The van der Waals surface area contributed by atoms with Crippen molar-refractivity contribution in [2.24, 2.45) is 11.8 Å². The summed E-state index contributed by atoms with van der Waals surface area (Å²) >= 11 is 3.61. The zero-order valence-corrected chi connectivity index (χ0v) is 9.07. The van der Waals surface area contributed by atoms with Crippen LogP contribution < -0.4 is 0 Å². The zero-order chi connectivity index (χ0) is 8.10. The summed E-state index contributed by atoms with van der Waals surface area (Å²) in [6.45, 7) is 2.32. The minimum Gasteiger partial charge on any atom is -0.0925 e. The SMILES string of the molecule is CCC(CBr)C1CCCCC1. The summed E-state index contributed by atoms with van der Waals surface area (Å²) in [5.74, 6) is 1.99. The van der Waals surface area contributed by atoms with Gasteiger partial charge in [-0.25, -0.2) is 0 Å². The summed E-state index contributed by atoms with van der Waals surface area (Å²) in [7, 11) is 0. The monoisotopic (exact) mass is 218 g/mol. The van der Waals surface area contributed by atoms with Crippen LogP contribution in [0.25, 0.3) is 0 Å². The first-order chi connectivity index (χ1) is 5.38. The first-order valence-corrected chi connectivity index (χ1v) is 6.06. The number of hydrogen-bond acceptors (Lipinski definition) is 0. The Bertz CT molecular complexity index is 91.0. The molecule has 1 fully saturated rings. The molecule has 1 rings (SSSR count). The Labute approximate surface area is 78.9 Å². The van der Waals surface area contributed by atoms with Crippen LogP contribution in [0.5, 0.6) is 0 Å². The fourth-order valence-corrected chi connectivity index (χ4v) is 3.16. The molecule has 1 atom stereocenters. The second-order valence-electron chi connectivity index (χ2n) is 3.72. The van der Waals surface area contributed by atoms with E-state index in [4.69, 9.17) is 0 Å². The minimum atomic E-state index is 0.954. The van der Waals surface area contributed by atoms with Crippen LogP contribution in [0.15, 0.2) is 0 Å². The molecular formula is C10H19Br. The second-order valence-corrected chi connectivity index (χ2v) is 4.37. The van der Waals surface area contributed by atoms with Gasteiger partial charge >= 0.3 is 0 Å². The quantitative estimate of drug-likeness (QED) is 0.629. The first-order valence-electron chi connectivity index (χ1n) is 4.94. The number of halogens is 1. The maximum absolute atomic E-state index is 3.61. The van der Waals surface area contributed by atoms with E-state index in [1.807, 2.05) is 0 Å². The second kappa shape index (κ2) is 5.18. The average molecular weight is 219 g/mol. The molecule has 1 saturated carbocycles. The van der Waals surface area contributed by atoms with Gasteiger partial charge < -0.3 is 0 Å². The van der Waals surface area contributed by atoms with Gasteiger partial charge in [-0.1, -0.05) is 61.4 Å². The standard InChI is InChI=1S/C10H19Br/c1-2-9(8-11)10-6-4-3-5-7-10/h9-10H,2-8H2,1H3. The van der Waals surface area contributed by atoms with Crippen molar-refractivity contribution in [2.75, 3.05) is 5.33 Å². The molecule has 1 aliphatic carbocycles. The number of alkyl halides is 1. The molecule has 66 valence electrons. The highest BCUT2D eigenvalue weighted by Crippen LogP contribution is 2.32. The van der Waals surface area contributed by atoms with Crippen molar-refractivity contribution in [1.82, 2.24) is 0 Å². The van der Waals surface area contributed by atoms with E-state index < -0.39 is 0 Å². The van der Waals surface area contributed by atoms with Crippen LogP contribution in [0, 0.1) is 11.8 Å². The highest BCUT2D eigenvalue weighted by atomic mass is 79.9. The molecule has 0 aromatic heterocycles. The van der Waals surface area contributed by atoms with Crippen molar-refractivity contribution in [1.29, 1.82) is 0 Å². The highest BCUT2D eigenvalue weighted by molar-refractivity contribution is 9.09. The fraction of sp³-hybridized carbons (Fsp3) is 1.00. The van der Waals surface area contributed by atoms with Crippen LogP contribution in [0.2, 0.25) is 0 Å². The third kappa shape index (κ3) is 2.77. The van der Waals surface area contributed by atoms with Crippen molar-refractivity contribution < 1.29 is 0 Å². The number of rotatable bonds is 3. The van der Waals surface area contributed by atoms with E-state index in [0.29, 0.717) is 0 Å². The molecule has 0 bridgehead atoms. The van der Waals surface area contributed by atoms with E-state index in [1.54, 1.807) is 0 Å². The van der Waals surface area contributed by atoms with Crippen LogP contribution in [-0.4, -0.2) is 5.33 Å². The highest BCUT2D eigenvalue weighted by Gasteiger charge is 2.20. The van der Waals surface area contributed by atoms with Crippen molar-refractivity contribution in [2.45, 2.75) is 45.4 Å². The third-order valence-electron chi connectivity index (χ3n) is 3.04. The summed E-state index contributed by atoms with van der Waals surface area (Å²) in [5, 5.41) is 1.22. The van der Waals surface area contributed by atoms with Crippen LogP contribution in [-0.2, 0) is 0 Å². The summed E-state index contributed by atoms with van der Waals surface area (Å²) < 4.78 is 0. The predicted molar refractivity (Wildman–Crippen MR) is 54.2 cm³/mol. The van der Waals surface area contributed by atoms with Gasteiger partial charge in [0.2, 0.25) is 0 Å². The minimum absolute atomic E-state index is 0.954. The lowest BCUT2D eigenvalue weighted by Crippen LogP contribution is -2.18. The molecule has 0 heterocycles. The Morgan fingerprint density at radius 2 is 1.91 bits per heavy atom. The molecule has 1 unspecified atom stereocenters. The summed E-state index contributed by atoms with van der Waals surface area (Å²) in [6.07, 6.45) is 8.78. The van der Waals surface area contributed by atoms with E-state index in [2.05, 4.69) is 22.9 Å². The smallest absolute Gasteiger partial charge is 0.00622 e. The van der Waals surface area contributed by atoms with Gasteiger partial charge in [0.05, 0.1) is 0 Å². The molecule has 0 aromatic rings. The lowest BCUT2D eigenvalue weighted by molar-refractivity contribution is 0.263. The van der Waals surface area contributed by atoms with Crippen molar-refractivity contribution >= 4 is 15.9 Å². The molecule has 0 saturated heterocycles. The van der Waals surface area contributed by atoms with Gasteiger partial charge in [0.25, 0.3) is 0 Å². The zero-order valence-electron chi connectivity index (χ0n) is 7.48. The summed E-state index contributed by atoms with van der Waals surface area (Å²) in [5.41, 5.74) is 0. The van der Waals surface area contributed by atoms with E-state index in [0.717, 1.165) is 11.8 Å². The normalized spacial score (nSPS) is 23.5. The summed E-state index contributed by atoms with van der Waals surface area (Å²) in [6, 6.07) is 0. The molecule has 0 aromatic carbocycles. The van der Waals surface area contributed by atoms with Crippen LogP contribution in [0.4, 0.5) is 0 Å². The average Bonchev–Trinajstić information content (AvgIpc) is 2.09. The molecule has 1 aliphatic rings. The number of hydrogen-bond donors (Lipinski definition) is 0. The van der Waals surface area contributed by atoms with Gasteiger partial charge in [0.15, 0.2) is 0 Å². The van der Waals surface area contributed by atoms with E-state index in [1.165, 1.54) is 43.9 Å². The van der Waals surface area contributed by atoms with E-state index >= 15 is 0 Å². The molecule has 11 heavy (non-hydrogen) atoms. The van der Waals surface area contributed by atoms with Crippen molar-refractivity contribution in [3.05, 3.63) is 0 Å². The Morgan fingerprint density at radius 1 is 1.27 bits per heavy atom. The molecule has 1 heteroatoms. The lowest BCUT2D eigenvalue weighted by atomic mass is 9.80. The van der Waals surface area contributed by atoms with Crippen molar-refractivity contribution in [3.63, 3.8) is 0 Å². The van der Waals surface area contributed by atoms with Gasteiger partial charge in [0, 0.05) is 5.33 Å². The fourth-order valence-electron chi connectivity index (χ4n) is 2.17. The molecule has 0 spiro atoms. The largest absolute Gasteiger partial charge is 0.0925 e. The van der Waals surface area contributed by atoms with Crippen LogP contribution >= 0.6 is 15.9 Å². The predicted octanol–water partition coefficient (Wildman–Crippen LogP) is 3.99. The summed E-state index contributed by atoms with van der Waals surface area (Å²) in [4.78, 5) is 0. The maximum atomic E-state index is 3.61.